The molecule has 26 heavy (non-hydrogen) atoms. The van der Waals surface area contributed by atoms with Gasteiger partial charge in [-0.1, -0.05) is 6.92 Å². The number of oxazole rings is 1. The predicted molar refractivity (Wildman–Crippen MR) is 101 cm³/mol. The molecule has 3 heterocycles. The summed E-state index contributed by atoms with van der Waals surface area (Å²) in [5.74, 6) is 2.23. The summed E-state index contributed by atoms with van der Waals surface area (Å²) in [6.45, 7) is 7.24. The molecule has 6 nitrogen and oxygen atoms in total. The van der Waals surface area contributed by atoms with E-state index in [4.69, 9.17) is 4.42 Å². The summed E-state index contributed by atoms with van der Waals surface area (Å²) in [5.41, 5.74) is 1.67. The molecule has 2 aromatic heterocycles. The fourth-order valence-corrected chi connectivity index (χ4v) is 4.06. The van der Waals surface area contributed by atoms with E-state index in [1.54, 1.807) is 0 Å². The molecule has 0 radical (unpaired) electrons. The number of carbonyl (C=O) groups excluding carboxylic acids is 1. The molecule has 0 unspecified atom stereocenters. The molecular weight excluding hydrogens is 348 g/mol. The minimum absolute atomic E-state index is 0.259. The lowest BCUT2D eigenvalue weighted by Gasteiger charge is -2.29. The van der Waals surface area contributed by atoms with Gasteiger partial charge in [0, 0.05) is 18.3 Å². The Hall–Kier alpha value is -1.73. The highest BCUT2D eigenvalue weighted by Crippen LogP contribution is 2.32. The molecule has 4 rings (SSSR count). The number of thiazole rings is 1. The molecule has 2 fully saturated rings. The number of carbonyl (C=O) groups is 1. The summed E-state index contributed by atoms with van der Waals surface area (Å²) in [4.78, 5) is 23.9. The molecule has 1 aliphatic carbocycles. The number of hydrogen-bond donors (Lipinski definition) is 1. The molecule has 2 aliphatic rings. The van der Waals surface area contributed by atoms with Crippen LogP contribution in [0.25, 0.3) is 0 Å². The molecule has 1 saturated carbocycles. The maximum Gasteiger partial charge on any atom is 0.295 e. The van der Waals surface area contributed by atoms with Gasteiger partial charge >= 0.3 is 0 Å². The van der Waals surface area contributed by atoms with Crippen molar-refractivity contribution in [3.05, 3.63) is 28.4 Å². The van der Waals surface area contributed by atoms with Gasteiger partial charge in [0.1, 0.15) is 0 Å². The lowest BCUT2D eigenvalue weighted by molar-refractivity contribution is 0.0994. The van der Waals surface area contributed by atoms with Crippen LogP contribution in [0, 0.1) is 18.8 Å². The van der Waals surface area contributed by atoms with Crippen molar-refractivity contribution in [2.75, 3.05) is 18.4 Å². The van der Waals surface area contributed by atoms with E-state index in [9.17, 15) is 4.79 Å². The largest absolute Gasteiger partial charge is 0.435 e. The zero-order chi connectivity index (χ0) is 18.1. The Morgan fingerprint density at radius 3 is 2.81 bits per heavy atom. The van der Waals surface area contributed by atoms with Crippen LogP contribution in [0.3, 0.4) is 0 Å². The van der Waals surface area contributed by atoms with E-state index in [2.05, 4.69) is 27.1 Å². The van der Waals surface area contributed by atoms with E-state index >= 15 is 0 Å². The summed E-state index contributed by atoms with van der Waals surface area (Å²) < 4.78 is 5.68. The number of likely N-dealkylation sites (tertiary alicyclic amines) is 1. The van der Waals surface area contributed by atoms with Crippen LogP contribution < -0.4 is 5.32 Å². The van der Waals surface area contributed by atoms with Crippen molar-refractivity contribution < 1.29 is 9.21 Å². The summed E-state index contributed by atoms with van der Waals surface area (Å²) in [7, 11) is 0. The Bertz CT molecular complexity index is 772. The van der Waals surface area contributed by atoms with Gasteiger partial charge in [-0.15, -0.1) is 11.3 Å². The Balaban J connectivity index is 1.34. The highest BCUT2D eigenvalue weighted by Gasteiger charge is 2.26. The molecule has 0 spiro atoms. The van der Waals surface area contributed by atoms with Crippen LogP contribution in [0.2, 0.25) is 0 Å². The lowest BCUT2D eigenvalue weighted by Crippen LogP contribution is -2.32. The fraction of sp³-hybridized carbons (Fsp3) is 0.632. The molecule has 0 aromatic carbocycles. The van der Waals surface area contributed by atoms with Gasteiger partial charge in [0.15, 0.2) is 11.0 Å². The van der Waals surface area contributed by atoms with Crippen molar-refractivity contribution in [3.8, 4) is 0 Å². The van der Waals surface area contributed by atoms with Crippen LogP contribution >= 0.6 is 11.3 Å². The molecule has 1 aliphatic heterocycles. The number of piperidine rings is 1. The van der Waals surface area contributed by atoms with Gasteiger partial charge in [-0.25, -0.2) is 9.97 Å². The number of amides is 1. The number of aryl methyl sites for hydroxylation is 1. The Labute approximate surface area is 158 Å². The first kappa shape index (κ1) is 17.7. The highest BCUT2D eigenvalue weighted by molar-refractivity contribution is 7.13. The molecular formula is C19H26N4O2S. The number of hydrogen-bond acceptors (Lipinski definition) is 6. The normalized spacial score (nSPS) is 19.0. The SMILES string of the molecule is Cc1nc(CC2CC2)oc1C(=O)Nc1nc(CN2CCC(C)CC2)cs1. The summed E-state index contributed by atoms with van der Waals surface area (Å²) >= 11 is 1.46. The minimum atomic E-state index is -0.259. The van der Waals surface area contributed by atoms with E-state index < -0.39 is 0 Å². The molecule has 0 atom stereocenters. The fourth-order valence-electron chi connectivity index (χ4n) is 3.36. The molecule has 140 valence electrons. The Morgan fingerprint density at radius 1 is 1.31 bits per heavy atom. The second-order valence-corrected chi connectivity index (χ2v) is 8.58. The molecule has 1 N–H and O–H groups in total. The number of rotatable bonds is 6. The zero-order valence-corrected chi connectivity index (χ0v) is 16.3. The Morgan fingerprint density at radius 2 is 2.08 bits per heavy atom. The quantitative estimate of drug-likeness (QED) is 0.831. The van der Waals surface area contributed by atoms with Crippen LogP contribution in [0.1, 0.15) is 60.4 Å². The number of nitrogens with zero attached hydrogens (tertiary/aromatic N) is 3. The van der Waals surface area contributed by atoms with Crippen molar-refractivity contribution in [3.63, 3.8) is 0 Å². The van der Waals surface area contributed by atoms with Crippen LogP contribution in [0.5, 0.6) is 0 Å². The van der Waals surface area contributed by atoms with Crippen molar-refractivity contribution in [1.29, 1.82) is 0 Å². The third kappa shape index (κ3) is 4.32. The summed E-state index contributed by atoms with van der Waals surface area (Å²) in [6, 6.07) is 0. The maximum absolute atomic E-state index is 12.5. The van der Waals surface area contributed by atoms with Gasteiger partial charge in [-0.05, 0) is 57.5 Å². The Kier molecular flexibility index (Phi) is 5.09. The summed E-state index contributed by atoms with van der Waals surface area (Å²) in [6.07, 6.45) is 5.81. The first-order valence-electron chi connectivity index (χ1n) is 9.51. The molecule has 1 saturated heterocycles. The predicted octanol–water partition coefficient (Wildman–Crippen LogP) is 3.88. The average molecular weight is 375 g/mol. The minimum Gasteiger partial charge on any atom is -0.435 e. The first-order valence-corrected chi connectivity index (χ1v) is 10.4. The smallest absolute Gasteiger partial charge is 0.295 e. The van der Waals surface area contributed by atoms with Crippen molar-refractivity contribution >= 4 is 22.4 Å². The lowest BCUT2D eigenvalue weighted by atomic mass is 9.99. The second-order valence-electron chi connectivity index (χ2n) is 7.73. The zero-order valence-electron chi connectivity index (χ0n) is 15.5. The van der Waals surface area contributed by atoms with Gasteiger partial charge in [0.2, 0.25) is 5.76 Å². The number of aromatic nitrogens is 2. The number of nitrogens with one attached hydrogen (secondary N) is 1. The maximum atomic E-state index is 12.5. The van der Waals surface area contributed by atoms with Crippen LogP contribution in [0.4, 0.5) is 5.13 Å². The van der Waals surface area contributed by atoms with Gasteiger partial charge in [-0.2, -0.15) is 0 Å². The van der Waals surface area contributed by atoms with E-state index in [0.717, 1.165) is 37.7 Å². The topological polar surface area (TPSA) is 71.3 Å². The number of anilines is 1. The van der Waals surface area contributed by atoms with E-state index in [-0.39, 0.29) is 5.91 Å². The van der Waals surface area contributed by atoms with Crippen molar-refractivity contribution in [2.45, 2.75) is 52.5 Å². The van der Waals surface area contributed by atoms with Gasteiger partial charge < -0.3 is 4.42 Å². The van der Waals surface area contributed by atoms with Crippen molar-refractivity contribution in [2.24, 2.45) is 11.8 Å². The van der Waals surface area contributed by atoms with Crippen molar-refractivity contribution in [1.82, 2.24) is 14.9 Å². The molecule has 2 aromatic rings. The standard InChI is InChI=1S/C19H26N4O2S/c1-12-5-7-23(8-6-12)10-15-11-26-19(21-15)22-18(24)17-13(2)20-16(25-17)9-14-3-4-14/h11-12,14H,3-10H2,1-2H3,(H,21,22,24). The van der Waals surface area contributed by atoms with E-state index in [0.29, 0.717) is 28.4 Å². The second kappa shape index (κ2) is 7.48. The third-order valence-corrected chi connectivity index (χ3v) is 6.05. The van der Waals surface area contributed by atoms with Crippen LogP contribution in [-0.2, 0) is 13.0 Å². The van der Waals surface area contributed by atoms with Gasteiger partial charge in [-0.3, -0.25) is 15.0 Å². The molecule has 1 amide bonds. The third-order valence-electron chi connectivity index (χ3n) is 5.24. The molecule has 7 heteroatoms. The molecule has 0 bridgehead atoms. The first-order chi connectivity index (χ1) is 12.6. The average Bonchev–Trinajstić information content (AvgIpc) is 3.19. The van der Waals surface area contributed by atoms with Crippen LogP contribution in [-0.4, -0.2) is 33.9 Å². The van der Waals surface area contributed by atoms with E-state index in [1.807, 2.05) is 12.3 Å². The summed E-state index contributed by atoms with van der Waals surface area (Å²) in [5, 5.41) is 5.51. The van der Waals surface area contributed by atoms with Gasteiger partial charge in [0.05, 0.1) is 11.4 Å². The highest BCUT2D eigenvalue weighted by atomic mass is 32.1. The van der Waals surface area contributed by atoms with Crippen LogP contribution in [0.15, 0.2) is 9.80 Å². The van der Waals surface area contributed by atoms with Gasteiger partial charge in [0.25, 0.3) is 5.91 Å². The van der Waals surface area contributed by atoms with E-state index in [1.165, 1.54) is 37.0 Å². The monoisotopic (exact) mass is 374 g/mol.